The summed E-state index contributed by atoms with van der Waals surface area (Å²) in [6, 6.07) is 6.03. The molecule has 0 spiro atoms. The molecule has 0 saturated carbocycles. The van der Waals surface area contributed by atoms with Gasteiger partial charge in [-0.25, -0.2) is 0 Å². The van der Waals surface area contributed by atoms with E-state index in [1.54, 1.807) is 10.8 Å². The first-order chi connectivity index (χ1) is 10.4. The van der Waals surface area contributed by atoms with Crippen molar-refractivity contribution in [3.8, 4) is 0 Å². The minimum Gasteiger partial charge on any atom is -0.0871 e. The van der Waals surface area contributed by atoms with Crippen LogP contribution in [-0.4, -0.2) is 8.07 Å². The minimum absolute atomic E-state index is 1.34. The van der Waals surface area contributed by atoms with E-state index in [9.17, 15) is 0 Å². The van der Waals surface area contributed by atoms with Gasteiger partial charge in [-0.15, -0.1) is 0 Å². The molecule has 0 heterocycles. The van der Waals surface area contributed by atoms with E-state index in [1.807, 2.05) is 0 Å². The van der Waals surface area contributed by atoms with Gasteiger partial charge in [0.1, 0.15) is 0 Å². The van der Waals surface area contributed by atoms with Crippen LogP contribution in [0.4, 0.5) is 0 Å². The molecular formula is C21H36Si. The molecule has 0 unspecified atom stereocenters. The van der Waals surface area contributed by atoms with Gasteiger partial charge in [-0.1, -0.05) is 88.9 Å². The summed E-state index contributed by atoms with van der Waals surface area (Å²) in [4.78, 5) is 0. The van der Waals surface area contributed by atoms with E-state index in [-0.39, 0.29) is 0 Å². The topological polar surface area (TPSA) is 0 Å². The molecule has 124 valence electrons. The molecule has 0 aliphatic carbocycles. The third-order valence-electron chi connectivity index (χ3n) is 4.95. The first kappa shape index (κ1) is 19.2. The number of unbranched alkanes of at least 4 members (excludes halogenated alkanes) is 5. The summed E-state index contributed by atoms with van der Waals surface area (Å²) in [5.74, 6) is 0. The summed E-state index contributed by atoms with van der Waals surface area (Å²) < 4.78 is 0. The highest BCUT2D eigenvalue weighted by Gasteiger charge is 2.27. The van der Waals surface area contributed by atoms with E-state index in [1.165, 1.54) is 55.7 Å². The van der Waals surface area contributed by atoms with Crippen LogP contribution < -0.4 is 5.19 Å². The fraction of sp³-hybridized carbons (Fsp3) is 0.619. The zero-order valence-corrected chi connectivity index (χ0v) is 16.8. The monoisotopic (exact) mass is 316 g/mol. The van der Waals surface area contributed by atoms with Crippen molar-refractivity contribution in [3.05, 3.63) is 34.9 Å². The van der Waals surface area contributed by atoms with Crippen molar-refractivity contribution in [2.75, 3.05) is 0 Å². The summed E-state index contributed by atoms with van der Waals surface area (Å²) in [7, 11) is -1.36. The first-order valence-electron chi connectivity index (χ1n) is 9.17. The zero-order valence-electron chi connectivity index (χ0n) is 15.8. The number of rotatable bonds is 9. The molecule has 0 nitrogen and oxygen atoms in total. The summed E-state index contributed by atoms with van der Waals surface area (Å²) >= 11 is 0. The molecule has 0 saturated heterocycles. The third kappa shape index (κ3) is 5.42. The summed E-state index contributed by atoms with van der Waals surface area (Å²) in [6.45, 7) is 14.1. The maximum absolute atomic E-state index is 2.56. The van der Waals surface area contributed by atoms with E-state index in [0.29, 0.717) is 0 Å². The fourth-order valence-electron chi connectivity index (χ4n) is 3.53. The van der Waals surface area contributed by atoms with Gasteiger partial charge in [0.05, 0.1) is 8.07 Å². The molecule has 0 atom stereocenters. The Kier molecular flexibility index (Phi) is 8.17. The largest absolute Gasteiger partial charge is 0.0871 e. The van der Waals surface area contributed by atoms with Gasteiger partial charge in [0.25, 0.3) is 0 Å². The second-order valence-electron chi connectivity index (χ2n) is 7.37. The van der Waals surface area contributed by atoms with Gasteiger partial charge in [-0.3, -0.25) is 0 Å². The number of allylic oxidation sites excluding steroid dienone is 1. The van der Waals surface area contributed by atoms with Gasteiger partial charge < -0.3 is 0 Å². The Balaban J connectivity index is 2.81. The normalized spacial score (nSPS) is 12.3. The lowest BCUT2D eigenvalue weighted by Gasteiger charge is -2.28. The molecule has 0 aliphatic rings. The lowest BCUT2D eigenvalue weighted by atomic mass is 10.1. The number of benzene rings is 1. The molecule has 1 aromatic carbocycles. The van der Waals surface area contributed by atoms with E-state index in [2.05, 4.69) is 65.1 Å². The van der Waals surface area contributed by atoms with E-state index in [0.717, 1.165) is 0 Å². The van der Waals surface area contributed by atoms with E-state index in [4.69, 9.17) is 0 Å². The molecule has 1 aromatic rings. The molecule has 0 fully saturated rings. The van der Waals surface area contributed by atoms with Gasteiger partial charge in [-0.2, -0.15) is 0 Å². The molecule has 0 amide bonds. The number of hydrogen-bond donors (Lipinski definition) is 0. The predicted molar refractivity (Wildman–Crippen MR) is 106 cm³/mol. The molecule has 0 radical (unpaired) electrons. The van der Waals surface area contributed by atoms with E-state index >= 15 is 0 Å². The standard InChI is InChI=1S/C21H36Si/c1-7-9-10-11-12-13-17-22(5,6)21-19(4)18(3)15-16-20(21)14-8-2/h8,14-16H,7,9-13,17H2,1-6H3. The zero-order chi connectivity index (χ0) is 16.6. The molecule has 0 N–H and O–H groups in total. The molecule has 1 heteroatoms. The highest BCUT2D eigenvalue weighted by molar-refractivity contribution is 6.90. The van der Waals surface area contributed by atoms with Crippen LogP contribution in [0.5, 0.6) is 0 Å². The average molecular weight is 317 g/mol. The van der Waals surface area contributed by atoms with Gasteiger partial charge in [0.15, 0.2) is 0 Å². The van der Waals surface area contributed by atoms with Crippen LogP contribution in [-0.2, 0) is 0 Å². The van der Waals surface area contributed by atoms with Gasteiger partial charge in [0.2, 0.25) is 0 Å². The summed E-state index contributed by atoms with van der Waals surface area (Å²) in [5.41, 5.74) is 4.46. The molecule has 0 bridgehead atoms. The summed E-state index contributed by atoms with van der Waals surface area (Å²) in [5, 5.41) is 1.69. The Hall–Kier alpha value is -0.823. The van der Waals surface area contributed by atoms with E-state index < -0.39 is 8.07 Å². The first-order valence-corrected chi connectivity index (χ1v) is 12.4. The smallest absolute Gasteiger partial charge is 0.0817 e. The van der Waals surface area contributed by atoms with Crippen molar-refractivity contribution in [3.63, 3.8) is 0 Å². The lowest BCUT2D eigenvalue weighted by Crippen LogP contribution is -2.44. The Morgan fingerprint density at radius 2 is 1.59 bits per heavy atom. The van der Waals surface area contributed by atoms with Crippen LogP contribution in [0.15, 0.2) is 18.2 Å². The van der Waals surface area contributed by atoms with Crippen LogP contribution in [0.1, 0.15) is 69.1 Å². The van der Waals surface area contributed by atoms with Gasteiger partial charge in [0, 0.05) is 0 Å². The van der Waals surface area contributed by atoms with Crippen LogP contribution in [0.2, 0.25) is 19.1 Å². The van der Waals surface area contributed by atoms with Crippen molar-refractivity contribution in [1.82, 2.24) is 0 Å². The SMILES string of the molecule is CC=Cc1ccc(C)c(C)c1[Si](C)(C)CCCCCCCC. The third-order valence-corrected chi connectivity index (χ3v) is 8.57. The average Bonchev–Trinajstić information content (AvgIpc) is 2.46. The van der Waals surface area contributed by atoms with Crippen molar-refractivity contribution >= 4 is 19.3 Å². The predicted octanol–water partition coefficient (Wildman–Crippen LogP) is 6.61. The Labute approximate surface area is 140 Å². The Morgan fingerprint density at radius 3 is 2.23 bits per heavy atom. The second-order valence-corrected chi connectivity index (χ2v) is 12.1. The second kappa shape index (κ2) is 9.35. The quantitative estimate of drug-likeness (QED) is 0.355. The summed E-state index contributed by atoms with van der Waals surface area (Å²) in [6.07, 6.45) is 12.9. The molecule has 0 aliphatic heterocycles. The fourth-order valence-corrected chi connectivity index (χ4v) is 7.07. The molecule has 22 heavy (non-hydrogen) atoms. The maximum atomic E-state index is 2.56. The van der Waals surface area contributed by atoms with Gasteiger partial charge in [-0.05, 0) is 42.6 Å². The van der Waals surface area contributed by atoms with Crippen LogP contribution in [0, 0.1) is 13.8 Å². The lowest BCUT2D eigenvalue weighted by molar-refractivity contribution is 0.623. The van der Waals surface area contributed by atoms with Crippen LogP contribution >= 0.6 is 0 Å². The Bertz CT molecular complexity index is 483. The number of aryl methyl sites for hydroxylation is 1. The minimum atomic E-state index is -1.36. The highest BCUT2D eigenvalue weighted by Crippen LogP contribution is 2.22. The molecule has 1 rings (SSSR count). The highest BCUT2D eigenvalue weighted by atomic mass is 28.3. The molecular weight excluding hydrogens is 280 g/mol. The van der Waals surface area contributed by atoms with Crippen LogP contribution in [0.25, 0.3) is 6.08 Å². The number of hydrogen-bond acceptors (Lipinski definition) is 0. The van der Waals surface area contributed by atoms with Crippen molar-refractivity contribution in [1.29, 1.82) is 0 Å². The van der Waals surface area contributed by atoms with Crippen molar-refractivity contribution in [2.24, 2.45) is 0 Å². The van der Waals surface area contributed by atoms with Crippen molar-refractivity contribution in [2.45, 2.75) is 85.4 Å². The van der Waals surface area contributed by atoms with Crippen LogP contribution in [0.3, 0.4) is 0 Å². The Morgan fingerprint density at radius 1 is 0.955 bits per heavy atom. The molecule has 0 aromatic heterocycles. The maximum Gasteiger partial charge on any atom is 0.0817 e. The van der Waals surface area contributed by atoms with Crippen molar-refractivity contribution < 1.29 is 0 Å². The van der Waals surface area contributed by atoms with Gasteiger partial charge >= 0.3 is 0 Å².